The molecule has 4 nitrogen and oxygen atoms in total. The van der Waals surface area contributed by atoms with E-state index in [0.717, 1.165) is 39.1 Å². The Bertz CT molecular complexity index is 250. The Labute approximate surface area is 112 Å². The van der Waals surface area contributed by atoms with Crippen LogP contribution in [0.25, 0.3) is 0 Å². The third-order valence-corrected chi connectivity index (χ3v) is 3.18. The highest BCUT2D eigenvalue weighted by molar-refractivity contribution is 5.02. The van der Waals surface area contributed by atoms with Crippen molar-refractivity contribution in [1.29, 1.82) is 5.26 Å². The second-order valence-corrected chi connectivity index (χ2v) is 5.48. The monoisotopic (exact) mass is 255 g/mol. The molecule has 18 heavy (non-hydrogen) atoms. The van der Waals surface area contributed by atoms with Gasteiger partial charge in [-0.25, -0.2) is 0 Å². The first-order chi connectivity index (χ1) is 8.47. The van der Waals surface area contributed by atoms with Gasteiger partial charge in [0.05, 0.1) is 12.7 Å². The third kappa shape index (κ3) is 7.65. The van der Waals surface area contributed by atoms with E-state index in [1.165, 1.54) is 0 Å². The van der Waals surface area contributed by atoms with E-state index in [1.54, 1.807) is 7.11 Å². The van der Waals surface area contributed by atoms with E-state index in [2.05, 4.69) is 30.1 Å². The Balaban J connectivity index is 4.06. The van der Waals surface area contributed by atoms with Gasteiger partial charge in [0, 0.05) is 20.2 Å². The van der Waals surface area contributed by atoms with Gasteiger partial charge >= 0.3 is 0 Å². The predicted octanol–water partition coefficient (Wildman–Crippen LogP) is 1.87. The molecule has 0 aliphatic carbocycles. The molecule has 0 saturated carbocycles. The Morgan fingerprint density at radius 2 is 2.06 bits per heavy atom. The zero-order valence-corrected chi connectivity index (χ0v) is 12.6. The minimum absolute atomic E-state index is 0.398. The van der Waals surface area contributed by atoms with Crippen molar-refractivity contribution in [2.75, 3.05) is 40.4 Å². The number of nitriles is 1. The third-order valence-electron chi connectivity index (χ3n) is 3.18. The molecule has 0 rings (SSSR count). The van der Waals surface area contributed by atoms with Crippen LogP contribution in [0.2, 0.25) is 0 Å². The van der Waals surface area contributed by atoms with Crippen LogP contribution in [0.1, 0.15) is 33.6 Å². The minimum atomic E-state index is -0.398. The number of hydrogen-bond donors (Lipinski definition) is 1. The Hall–Kier alpha value is -0.630. The molecule has 0 aliphatic heterocycles. The average molecular weight is 255 g/mol. The molecule has 106 valence electrons. The molecule has 0 saturated heterocycles. The lowest BCUT2D eigenvalue weighted by molar-refractivity contribution is 0.137. The van der Waals surface area contributed by atoms with Gasteiger partial charge in [0.1, 0.15) is 5.54 Å². The summed E-state index contributed by atoms with van der Waals surface area (Å²) in [7, 11) is 3.58. The first-order valence-corrected chi connectivity index (χ1v) is 6.79. The number of methoxy groups -OCH3 is 1. The van der Waals surface area contributed by atoms with E-state index < -0.39 is 5.54 Å². The van der Waals surface area contributed by atoms with Crippen LogP contribution in [0.15, 0.2) is 0 Å². The van der Waals surface area contributed by atoms with Crippen LogP contribution in [0.3, 0.4) is 0 Å². The van der Waals surface area contributed by atoms with Gasteiger partial charge in [0.25, 0.3) is 0 Å². The molecule has 0 aliphatic rings. The summed E-state index contributed by atoms with van der Waals surface area (Å²) < 4.78 is 5.14. The summed E-state index contributed by atoms with van der Waals surface area (Å²) in [6, 6.07) is 2.33. The molecule has 0 bridgehead atoms. The summed E-state index contributed by atoms with van der Waals surface area (Å²) in [5.41, 5.74) is -0.398. The Kier molecular flexibility index (Phi) is 8.99. The number of rotatable bonds is 10. The van der Waals surface area contributed by atoms with E-state index in [-0.39, 0.29) is 0 Å². The van der Waals surface area contributed by atoms with Gasteiger partial charge < -0.3 is 15.0 Å². The van der Waals surface area contributed by atoms with Gasteiger partial charge in [-0.1, -0.05) is 13.8 Å². The van der Waals surface area contributed by atoms with Crippen LogP contribution in [-0.2, 0) is 4.74 Å². The summed E-state index contributed by atoms with van der Waals surface area (Å²) in [5.74, 6) is 0.661. The summed E-state index contributed by atoms with van der Waals surface area (Å²) in [6.45, 7) is 10.3. The van der Waals surface area contributed by atoms with Crippen LogP contribution in [0.5, 0.6) is 0 Å². The van der Waals surface area contributed by atoms with Crippen molar-refractivity contribution in [1.82, 2.24) is 10.2 Å². The van der Waals surface area contributed by atoms with E-state index in [1.807, 2.05) is 14.0 Å². The Morgan fingerprint density at radius 1 is 1.39 bits per heavy atom. The molecular formula is C14H29N3O. The maximum atomic E-state index is 9.09. The quantitative estimate of drug-likeness (QED) is 0.647. The van der Waals surface area contributed by atoms with Crippen molar-refractivity contribution in [3.05, 3.63) is 0 Å². The maximum absolute atomic E-state index is 9.09. The molecule has 4 heteroatoms. The first-order valence-electron chi connectivity index (χ1n) is 6.79. The largest absolute Gasteiger partial charge is 0.383 e. The molecule has 0 radical (unpaired) electrons. The molecule has 1 atom stereocenters. The lowest BCUT2D eigenvalue weighted by Gasteiger charge is -2.26. The number of ether oxygens (including phenoxy) is 1. The second kappa shape index (κ2) is 9.32. The van der Waals surface area contributed by atoms with Crippen LogP contribution >= 0.6 is 0 Å². The van der Waals surface area contributed by atoms with E-state index >= 15 is 0 Å². The smallest absolute Gasteiger partial charge is 0.103 e. The molecule has 0 amide bonds. The SMILES string of the molecule is CNC(C)(C#N)CCCN(CCOC)CC(C)C. The van der Waals surface area contributed by atoms with E-state index in [9.17, 15) is 0 Å². The van der Waals surface area contributed by atoms with Crippen molar-refractivity contribution in [3.63, 3.8) is 0 Å². The van der Waals surface area contributed by atoms with Crippen molar-refractivity contribution in [2.24, 2.45) is 5.92 Å². The van der Waals surface area contributed by atoms with Crippen molar-refractivity contribution >= 4 is 0 Å². The fourth-order valence-electron chi connectivity index (χ4n) is 1.92. The molecule has 0 aromatic heterocycles. The minimum Gasteiger partial charge on any atom is -0.383 e. The Morgan fingerprint density at radius 3 is 2.50 bits per heavy atom. The molecule has 0 fully saturated rings. The number of hydrogen-bond acceptors (Lipinski definition) is 4. The van der Waals surface area contributed by atoms with Gasteiger partial charge in [-0.3, -0.25) is 0 Å². The highest BCUT2D eigenvalue weighted by atomic mass is 16.5. The molecule has 0 aromatic rings. The van der Waals surface area contributed by atoms with Crippen LogP contribution in [-0.4, -0.2) is 50.8 Å². The van der Waals surface area contributed by atoms with Gasteiger partial charge in [-0.15, -0.1) is 0 Å². The lowest BCUT2D eigenvalue weighted by atomic mass is 9.98. The highest BCUT2D eigenvalue weighted by Crippen LogP contribution is 2.11. The summed E-state index contributed by atoms with van der Waals surface area (Å²) in [5, 5.41) is 12.2. The highest BCUT2D eigenvalue weighted by Gasteiger charge is 2.20. The van der Waals surface area contributed by atoms with Crippen LogP contribution in [0, 0.1) is 17.2 Å². The second-order valence-electron chi connectivity index (χ2n) is 5.48. The number of nitrogens with one attached hydrogen (secondary N) is 1. The van der Waals surface area contributed by atoms with E-state index in [4.69, 9.17) is 10.00 Å². The topological polar surface area (TPSA) is 48.3 Å². The van der Waals surface area contributed by atoms with Gasteiger partial charge in [-0.05, 0) is 39.3 Å². The van der Waals surface area contributed by atoms with Crippen molar-refractivity contribution < 1.29 is 4.74 Å². The van der Waals surface area contributed by atoms with Crippen LogP contribution in [0.4, 0.5) is 0 Å². The normalized spacial score (nSPS) is 14.8. The van der Waals surface area contributed by atoms with Crippen molar-refractivity contribution in [2.45, 2.75) is 39.2 Å². The summed E-state index contributed by atoms with van der Waals surface area (Å²) >= 11 is 0. The zero-order chi connectivity index (χ0) is 14.0. The average Bonchev–Trinajstić information content (AvgIpc) is 2.34. The molecule has 0 spiro atoms. The molecule has 0 aromatic carbocycles. The fourth-order valence-corrected chi connectivity index (χ4v) is 1.92. The summed E-state index contributed by atoms with van der Waals surface area (Å²) in [4.78, 5) is 2.42. The van der Waals surface area contributed by atoms with Gasteiger partial charge in [-0.2, -0.15) is 5.26 Å². The van der Waals surface area contributed by atoms with E-state index in [0.29, 0.717) is 5.92 Å². The van der Waals surface area contributed by atoms with Crippen LogP contribution < -0.4 is 5.32 Å². The summed E-state index contributed by atoms with van der Waals surface area (Å²) in [6.07, 6.45) is 1.91. The fraction of sp³-hybridized carbons (Fsp3) is 0.929. The van der Waals surface area contributed by atoms with Gasteiger partial charge in [0.2, 0.25) is 0 Å². The molecule has 1 N–H and O–H groups in total. The first kappa shape index (κ1) is 17.4. The lowest BCUT2D eigenvalue weighted by Crippen LogP contribution is -2.39. The molecular weight excluding hydrogens is 226 g/mol. The van der Waals surface area contributed by atoms with Gasteiger partial charge in [0.15, 0.2) is 0 Å². The standard InChI is InChI=1S/C14H29N3O/c1-13(2)11-17(9-10-18-5)8-6-7-14(3,12-15)16-4/h13,16H,6-11H2,1-5H3. The zero-order valence-electron chi connectivity index (χ0n) is 12.6. The molecule has 0 heterocycles. The molecule has 1 unspecified atom stereocenters. The maximum Gasteiger partial charge on any atom is 0.103 e. The predicted molar refractivity (Wildman–Crippen MR) is 75.5 cm³/mol. The number of nitrogens with zero attached hydrogens (tertiary/aromatic N) is 2. The van der Waals surface area contributed by atoms with Crippen molar-refractivity contribution in [3.8, 4) is 6.07 Å².